The molecule has 162 valence electrons. The fourth-order valence-electron chi connectivity index (χ4n) is 2.68. The molecule has 0 atom stereocenters. The zero-order valence-corrected chi connectivity index (χ0v) is 17.2. The molecule has 2 aromatic rings. The largest absolute Gasteiger partial charge is 0.494 e. The van der Waals surface area contributed by atoms with Crippen molar-refractivity contribution in [1.29, 1.82) is 5.26 Å². The maximum atomic E-state index is 12.7. The van der Waals surface area contributed by atoms with Crippen molar-refractivity contribution in [3.63, 3.8) is 0 Å². The summed E-state index contributed by atoms with van der Waals surface area (Å²) in [6.07, 6.45) is 0.133. The van der Waals surface area contributed by atoms with Gasteiger partial charge in [-0.1, -0.05) is 12.1 Å². The molecule has 3 amide bonds. The molecular formula is C22H24N4O5. The van der Waals surface area contributed by atoms with E-state index in [0.717, 1.165) is 5.56 Å². The topological polar surface area (TPSA) is 135 Å². The van der Waals surface area contributed by atoms with Crippen LogP contribution in [0.2, 0.25) is 0 Å². The lowest BCUT2D eigenvalue weighted by Crippen LogP contribution is -2.35. The molecule has 9 heteroatoms. The van der Waals surface area contributed by atoms with E-state index >= 15 is 0 Å². The first-order valence-electron chi connectivity index (χ1n) is 9.64. The van der Waals surface area contributed by atoms with Gasteiger partial charge in [0.05, 0.1) is 24.7 Å². The molecule has 0 fully saturated rings. The number of hydrogen-bond donors (Lipinski definition) is 2. The first-order valence-corrected chi connectivity index (χ1v) is 9.64. The second-order valence-electron chi connectivity index (χ2n) is 6.37. The van der Waals surface area contributed by atoms with Gasteiger partial charge in [-0.3, -0.25) is 4.79 Å². The van der Waals surface area contributed by atoms with Gasteiger partial charge in [0.25, 0.3) is 5.91 Å². The van der Waals surface area contributed by atoms with Gasteiger partial charge in [-0.2, -0.15) is 5.26 Å². The predicted molar refractivity (Wildman–Crippen MR) is 113 cm³/mol. The molecule has 0 aromatic heterocycles. The minimum atomic E-state index is -0.658. The van der Waals surface area contributed by atoms with Gasteiger partial charge in [0.15, 0.2) is 6.61 Å². The van der Waals surface area contributed by atoms with Crippen molar-refractivity contribution >= 4 is 23.6 Å². The van der Waals surface area contributed by atoms with Crippen LogP contribution in [0.15, 0.2) is 48.5 Å². The van der Waals surface area contributed by atoms with Gasteiger partial charge in [0, 0.05) is 18.8 Å². The third-order valence-corrected chi connectivity index (χ3v) is 4.19. The van der Waals surface area contributed by atoms with Crippen molar-refractivity contribution < 1.29 is 23.9 Å². The van der Waals surface area contributed by atoms with E-state index in [1.54, 1.807) is 36.4 Å². The predicted octanol–water partition coefficient (Wildman–Crippen LogP) is 2.36. The van der Waals surface area contributed by atoms with E-state index in [1.807, 2.05) is 13.0 Å². The number of benzene rings is 2. The van der Waals surface area contributed by atoms with Crippen molar-refractivity contribution in [2.75, 3.05) is 24.7 Å². The number of carbonyl (C=O) groups is 3. The van der Waals surface area contributed by atoms with E-state index in [1.165, 1.54) is 17.0 Å². The second-order valence-corrected chi connectivity index (χ2v) is 6.37. The van der Waals surface area contributed by atoms with Crippen molar-refractivity contribution in [1.82, 2.24) is 5.32 Å². The summed E-state index contributed by atoms with van der Waals surface area (Å²) in [6, 6.07) is 14.6. The highest BCUT2D eigenvalue weighted by atomic mass is 16.5. The Morgan fingerprint density at radius 2 is 1.77 bits per heavy atom. The zero-order chi connectivity index (χ0) is 22.6. The van der Waals surface area contributed by atoms with Crippen LogP contribution in [0.3, 0.4) is 0 Å². The van der Waals surface area contributed by atoms with Crippen molar-refractivity contribution in [3.8, 4) is 11.8 Å². The quantitative estimate of drug-likeness (QED) is 0.562. The van der Waals surface area contributed by atoms with Gasteiger partial charge in [-0.25, -0.2) is 9.59 Å². The van der Waals surface area contributed by atoms with Gasteiger partial charge in [-0.15, -0.1) is 0 Å². The number of hydrogen-bond acceptors (Lipinski definition) is 6. The van der Waals surface area contributed by atoms with Gasteiger partial charge >= 0.3 is 12.0 Å². The molecule has 9 nitrogen and oxygen atoms in total. The standard InChI is InChI=1S/C22H24N4O5/c1-2-30-19-10-8-18(9-11-19)26(13-3-12-23)20(27)15-31-21(28)17-6-4-16(5-7-17)14-25-22(24)29/h4-11H,2-3,13-15H2,1H3,(H3,24,25,29). The number of amides is 3. The van der Waals surface area contributed by atoms with E-state index in [2.05, 4.69) is 5.32 Å². The molecule has 0 heterocycles. The smallest absolute Gasteiger partial charge is 0.338 e. The van der Waals surface area contributed by atoms with E-state index in [4.69, 9.17) is 20.5 Å². The summed E-state index contributed by atoms with van der Waals surface area (Å²) in [5, 5.41) is 11.3. The van der Waals surface area contributed by atoms with Crippen LogP contribution in [0.4, 0.5) is 10.5 Å². The number of rotatable bonds is 10. The summed E-state index contributed by atoms with van der Waals surface area (Å²) >= 11 is 0. The van der Waals surface area contributed by atoms with Crippen molar-refractivity contribution in [3.05, 3.63) is 59.7 Å². The summed E-state index contributed by atoms with van der Waals surface area (Å²) in [6.45, 7) is 2.33. The lowest BCUT2D eigenvalue weighted by Gasteiger charge is -2.22. The number of anilines is 1. The number of carbonyl (C=O) groups excluding carboxylic acids is 3. The van der Waals surface area contributed by atoms with E-state index in [0.29, 0.717) is 18.0 Å². The fraction of sp³-hybridized carbons (Fsp3) is 0.273. The second kappa shape index (κ2) is 11.8. The van der Waals surface area contributed by atoms with E-state index in [9.17, 15) is 14.4 Å². The number of esters is 1. The minimum absolute atomic E-state index is 0.133. The Morgan fingerprint density at radius 1 is 1.10 bits per heavy atom. The van der Waals surface area contributed by atoms with Crippen LogP contribution >= 0.6 is 0 Å². The molecule has 2 aromatic carbocycles. The molecule has 2 rings (SSSR count). The number of nitrogens with zero attached hydrogens (tertiary/aromatic N) is 2. The number of primary amides is 1. The molecule has 0 aliphatic heterocycles. The van der Waals surface area contributed by atoms with Crippen molar-refractivity contribution in [2.45, 2.75) is 19.9 Å². The highest BCUT2D eigenvalue weighted by Gasteiger charge is 2.18. The molecule has 0 bridgehead atoms. The number of nitrogens with two attached hydrogens (primary N) is 1. The van der Waals surface area contributed by atoms with Crippen LogP contribution in [0, 0.1) is 11.3 Å². The van der Waals surface area contributed by atoms with Crippen molar-refractivity contribution in [2.24, 2.45) is 5.73 Å². The number of ether oxygens (including phenoxy) is 2. The van der Waals surface area contributed by atoms with Crippen LogP contribution in [-0.2, 0) is 16.1 Å². The molecule has 3 N–H and O–H groups in total. The highest BCUT2D eigenvalue weighted by molar-refractivity contribution is 5.97. The Hall–Kier alpha value is -4.06. The van der Waals surface area contributed by atoms with Gasteiger partial charge in [0.1, 0.15) is 5.75 Å². The Labute approximate surface area is 180 Å². The summed E-state index contributed by atoms with van der Waals surface area (Å²) in [5.74, 6) is -0.440. The Balaban J connectivity index is 1.98. The molecule has 0 aliphatic rings. The molecule has 0 saturated carbocycles. The normalized spacial score (nSPS) is 9.94. The molecule has 0 aliphatic carbocycles. The third kappa shape index (κ3) is 7.36. The average Bonchev–Trinajstić information content (AvgIpc) is 2.78. The number of urea groups is 1. The van der Waals surface area contributed by atoms with Crippen LogP contribution < -0.4 is 20.7 Å². The summed E-state index contributed by atoms with van der Waals surface area (Å²) in [5.41, 5.74) is 6.61. The average molecular weight is 424 g/mol. The number of nitriles is 1. The summed E-state index contributed by atoms with van der Waals surface area (Å²) < 4.78 is 10.5. The lowest BCUT2D eigenvalue weighted by atomic mass is 10.1. The monoisotopic (exact) mass is 424 g/mol. The molecule has 0 saturated heterocycles. The van der Waals surface area contributed by atoms with Crippen LogP contribution in [0.1, 0.15) is 29.3 Å². The summed E-state index contributed by atoms with van der Waals surface area (Å²) in [4.78, 5) is 37.1. The SMILES string of the molecule is CCOc1ccc(N(CCC#N)C(=O)COC(=O)c2ccc(CNC(N)=O)cc2)cc1. The van der Waals surface area contributed by atoms with E-state index in [-0.39, 0.29) is 25.1 Å². The highest BCUT2D eigenvalue weighted by Crippen LogP contribution is 2.20. The first-order chi connectivity index (χ1) is 14.9. The Kier molecular flexibility index (Phi) is 8.86. The number of nitrogens with one attached hydrogen (secondary N) is 1. The molecule has 0 spiro atoms. The maximum absolute atomic E-state index is 12.7. The zero-order valence-electron chi connectivity index (χ0n) is 17.2. The van der Waals surface area contributed by atoms with Gasteiger partial charge < -0.3 is 25.4 Å². The van der Waals surface area contributed by atoms with Gasteiger partial charge in [-0.05, 0) is 48.9 Å². The first kappa shape index (κ1) is 23.2. The Bertz CT molecular complexity index is 936. The Morgan fingerprint density at radius 3 is 2.35 bits per heavy atom. The van der Waals surface area contributed by atoms with Crippen LogP contribution in [-0.4, -0.2) is 37.7 Å². The maximum Gasteiger partial charge on any atom is 0.338 e. The minimum Gasteiger partial charge on any atom is -0.494 e. The van der Waals surface area contributed by atoms with Gasteiger partial charge in [0.2, 0.25) is 0 Å². The molecule has 31 heavy (non-hydrogen) atoms. The van der Waals surface area contributed by atoms with Crippen LogP contribution in [0.5, 0.6) is 5.75 Å². The lowest BCUT2D eigenvalue weighted by molar-refractivity contribution is -0.121. The summed E-state index contributed by atoms with van der Waals surface area (Å²) in [7, 11) is 0. The molecular weight excluding hydrogens is 400 g/mol. The fourth-order valence-corrected chi connectivity index (χ4v) is 2.68. The molecule has 0 radical (unpaired) electrons. The van der Waals surface area contributed by atoms with E-state index < -0.39 is 24.5 Å². The molecule has 0 unspecified atom stereocenters. The third-order valence-electron chi connectivity index (χ3n) is 4.19. The van der Waals surface area contributed by atoms with Crippen LogP contribution in [0.25, 0.3) is 0 Å².